The molecule has 8 heteroatoms. The summed E-state index contributed by atoms with van der Waals surface area (Å²) in [5.41, 5.74) is 0.476. The minimum Gasteiger partial charge on any atom is -0.462 e. The summed E-state index contributed by atoms with van der Waals surface area (Å²) in [5, 5.41) is 0.554. The molecule has 1 aromatic carbocycles. The van der Waals surface area contributed by atoms with Crippen molar-refractivity contribution in [1.29, 1.82) is 0 Å². The number of aryl methyl sites for hydroxylation is 1. The van der Waals surface area contributed by atoms with Gasteiger partial charge in [0.25, 0.3) is 0 Å². The lowest BCUT2D eigenvalue weighted by Crippen LogP contribution is -2.27. The van der Waals surface area contributed by atoms with Gasteiger partial charge in [-0.05, 0) is 45.4 Å². The van der Waals surface area contributed by atoms with Gasteiger partial charge >= 0.3 is 17.6 Å². The lowest BCUT2D eigenvalue weighted by molar-refractivity contribution is 0.0313. The fourth-order valence-corrected chi connectivity index (χ4v) is 3.19. The van der Waals surface area contributed by atoms with Crippen LogP contribution in [0.3, 0.4) is 0 Å². The first-order valence-electron chi connectivity index (χ1n) is 9.39. The van der Waals surface area contributed by atoms with Crippen LogP contribution in [0.25, 0.3) is 11.0 Å². The smallest absolute Gasteiger partial charge is 0.351 e. The molecule has 8 nitrogen and oxygen atoms in total. The maximum Gasteiger partial charge on any atom is 0.351 e. The number of H-pyrrole nitrogens is 1. The molecule has 0 spiro atoms. The predicted octanol–water partition coefficient (Wildman–Crippen LogP) is 3.34. The van der Waals surface area contributed by atoms with Crippen molar-refractivity contribution >= 4 is 28.7 Å². The Balaban J connectivity index is 1.83. The summed E-state index contributed by atoms with van der Waals surface area (Å²) in [4.78, 5) is 52.4. The number of fused-ring (bicyclic) bond motifs is 1. The van der Waals surface area contributed by atoms with Gasteiger partial charge in [-0.1, -0.05) is 18.2 Å². The normalized spacial score (nSPS) is 11.9. The van der Waals surface area contributed by atoms with Gasteiger partial charge in [0, 0.05) is 11.1 Å². The van der Waals surface area contributed by atoms with E-state index >= 15 is 0 Å². The fourth-order valence-electron chi connectivity index (χ4n) is 3.19. The lowest BCUT2D eigenvalue weighted by Gasteiger charge is -2.12. The highest BCUT2D eigenvalue weighted by Gasteiger charge is 2.28. The summed E-state index contributed by atoms with van der Waals surface area (Å²) < 4.78 is 15.4. The highest BCUT2D eigenvalue weighted by atomic mass is 16.5. The number of nitrogens with one attached hydrogen (secondary N) is 1. The molecule has 3 rings (SSSR count). The molecule has 0 amide bonds. The molecule has 0 saturated carbocycles. The Morgan fingerprint density at radius 3 is 2.53 bits per heavy atom. The van der Waals surface area contributed by atoms with Crippen molar-refractivity contribution in [3.63, 3.8) is 0 Å². The van der Waals surface area contributed by atoms with Gasteiger partial charge in [0.1, 0.15) is 11.1 Å². The second-order valence-corrected chi connectivity index (χ2v) is 6.74. The number of hydrogen-bond acceptors (Lipinski definition) is 7. The van der Waals surface area contributed by atoms with E-state index in [2.05, 4.69) is 4.98 Å². The van der Waals surface area contributed by atoms with Crippen LogP contribution in [0.2, 0.25) is 0 Å². The number of esters is 2. The number of rotatable bonds is 6. The molecule has 0 aliphatic heterocycles. The Labute approximate surface area is 171 Å². The summed E-state index contributed by atoms with van der Waals surface area (Å²) in [7, 11) is 0. The average Bonchev–Trinajstić information content (AvgIpc) is 3.00. The van der Waals surface area contributed by atoms with Crippen LogP contribution in [0.4, 0.5) is 0 Å². The monoisotopic (exact) mass is 411 g/mol. The first-order chi connectivity index (χ1) is 14.2. The largest absolute Gasteiger partial charge is 0.462 e. The molecule has 0 aliphatic rings. The third-order valence-corrected chi connectivity index (χ3v) is 4.68. The number of para-hydroxylation sites is 1. The van der Waals surface area contributed by atoms with Crippen LogP contribution in [0.5, 0.6) is 0 Å². The summed E-state index contributed by atoms with van der Waals surface area (Å²) in [5.74, 6) is -2.05. The third-order valence-electron chi connectivity index (χ3n) is 4.68. The zero-order chi connectivity index (χ0) is 22.0. The van der Waals surface area contributed by atoms with E-state index in [0.717, 1.165) is 0 Å². The van der Waals surface area contributed by atoms with E-state index in [4.69, 9.17) is 13.9 Å². The van der Waals surface area contributed by atoms with E-state index in [1.807, 2.05) is 0 Å². The number of ketones is 1. The van der Waals surface area contributed by atoms with Gasteiger partial charge < -0.3 is 18.9 Å². The Morgan fingerprint density at radius 2 is 1.83 bits per heavy atom. The highest BCUT2D eigenvalue weighted by molar-refractivity contribution is 6.04. The SMILES string of the molecule is CCOC(=O)c1c(C)[nH]c(C(=O)[C@H](C)OC(=O)c2cc3ccccc3oc2=O)c1C. The van der Waals surface area contributed by atoms with Crippen molar-refractivity contribution in [2.75, 3.05) is 6.61 Å². The summed E-state index contributed by atoms with van der Waals surface area (Å²) in [6.07, 6.45) is -1.20. The lowest BCUT2D eigenvalue weighted by atomic mass is 10.1. The van der Waals surface area contributed by atoms with Crippen LogP contribution in [0, 0.1) is 13.8 Å². The second-order valence-electron chi connectivity index (χ2n) is 6.74. The van der Waals surface area contributed by atoms with Crippen LogP contribution in [0.15, 0.2) is 39.5 Å². The highest BCUT2D eigenvalue weighted by Crippen LogP contribution is 2.21. The number of Topliss-reactive ketones (excluding diaryl/α,β-unsaturated/α-hetero) is 1. The van der Waals surface area contributed by atoms with Gasteiger partial charge in [-0.25, -0.2) is 14.4 Å². The van der Waals surface area contributed by atoms with Crippen molar-refractivity contribution in [1.82, 2.24) is 4.98 Å². The Kier molecular flexibility index (Phi) is 5.86. The third kappa shape index (κ3) is 3.89. The molecule has 2 heterocycles. The molecular weight excluding hydrogens is 390 g/mol. The van der Waals surface area contributed by atoms with Crippen LogP contribution in [-0.4, -0.2) is 35.4 Å². The van der Waals surface area contributed by atoms with Crippen LogP contribution in [-0.2, 0) is 9.47 Å². The molecule has 0 aliphatic carbocycles. The van der Waals surface area contributed by atoms with Gasteiger partial charge in [-0.2, -0.15) is 0 Å². The molecule has 1 N–H and O–H groups in total. The van der Waals surface area contributed by atoms with E-state index in [0.29, 0.717) is 22.2 Å². The first kappa shape index (κ1) is 21.0. The Hall–Kier alpha value is -3.68. The standard InChI is InChI=1S/C22H21NO7/c1-5-28-22(27)17-11(2)18(23-12(17)3)19(24)13(4)29-20(25)15-10-14-8-6-7-9-16(14)30-21(15)26/h6-10,13,23H,5H2,1-4H3/t13-/m0/s1. The van der Waals surface area contributed by atoms with Crippen molar-refractivity contribution in [2.45, 2.75) is 33.8 Å². The topological polar surface area (TPSA) is 116 Å². The fraction of sp³-hybridized carbons (Fsp3) is 0.273. The maximum atomic E-state index is 12.8. The second kappa shape index (κ2) is 8.36. The van der Waals surface area contributed by atoms with Gasteiger partial charge in [-0.15, -0.1) is 0 Å². The Bertz CT molecular complexity index is 1200. The zero-order valence-corrected chi connectivity index (χ0v) is 17.0. The molecule has 0 unspecified atom stereocenters. The molecule has 3 aromatic rings. The molecule has 0 saturated heterocycles. The zero-order valence-electron chi connectivity index (χ0n) is 17.0. The number of benzene rings is 1. The molecule has 0 bridgehead atoms. The van der Waals surface area contributed by atoms with E-state index in [9.17, 15) is 19.2 Å². The molecular formula is C22H21NO7. The van der Waals surface area contributed by atoms with Crippen LogP contribution >= 0.6 is 0 Å². The van der Waals surface area contributed by atoms with Gasteiger partial charge in [0.05, 0.1) is 17.9 Å². The Morgan fingerprint density at radius 1 is 1.13 bits per heavy atom. The maximum absolute atomic E-state index is 12.8. The minimum absolute atomic E-state index is 0.140. The molecule has 156 valence electrons. The van der Waals surface area contributed by atoms with Gasteiger partial charge in [0.15, 0.2) is 6.10 Å². The average molecular weight is 411 g/mol. The van der Waals surface area contributed by atoms with E-state index < -0.39 is 29.5 Å². The van der Waals surface area contributed by atoms with E-state index in [1.54, 1.807) is 45.0 Å². The summed E-state index contributed by atoms with van der Waals surface area (Å²) >= 11 is 0. The summed E-state index contributed by atoms with van der Waals surface area (Å²) in [6, 6.07) is 8.10. The van der Waals surface area contributed by atoms with Crippen molar-refractivity contribution in [3.8, 4) is 0 Å². The predicted molar refractivity (Wildman–Crippen MR) is 108 cm³/mol. The first-order valence-corrected chi connectivity index (χ1v) is 9.39. The number of aromatic nitrogens is 1. The molecule has 2 aromatic heterocycles. The van der Waals surface area contributed by atoms with E-state index in [-0.39, 0.29) is 23.4 Å². The van der Waals surface area contributed by atoms with E-state index in [1.165, 1.54) is 13.0 Å². The number of aromatic amines is 1. The van der Waals surface area contributed by atoms with Crippen molar-refractivity contribution in [3.05, 3.63) is 68.8 Å². The van der Waals surface area contributed by atoms with Crippen LogP contribution < -0.4 is 5.63 Å². The number of carbonyl (C=O) groups is 3. The number of ether oxygens (including phenoxy) is 2. The minimum atomic E-state index is -1.20. The number of carbonyl (C=O) groups excluding carboxylic acids is 3. The van der Waals surface area contributed by atoms with Crippen molar-refractivity contribution < 1.29 is 28.3 Å². The van der Waals surface area contributed by atoms with Crippen LogP contribution in [0.1, 0.15) is 56.3 Å². The van der Waals surface area contributed by atoms with Gasteiger partial charge in [0.2, 0.25) is 5.78 Å². The molecule has 30 heavy (non-hydrogen) atoms. The quantitative estimate of drug-likeness (QED) is 0.376. The molecule has 1 atom stereocenters. The summed E-state index contributed by atoms with van der Waals surface area (Å²) in [6.45, 7) is 6.53. The number of hydrogen-bond donors (Lipinski definition) is 1. The molecule has 0 fully saturated rings. The van der Waals surface area contributed by atoms with Crippen molar-refractivity contribution in [2.24, 2.45) is 0 Å². The van der Waals surface area contributed by atoms with Gasteiger partial charge in [-0.3, -0.25) is 4.79 Å². The molecule has 0 radical (unpaired) electrons.